The number of ketones is 1. The molecule has 0 spiro atoms. The van der Waals surface area contributed by atoms with Crippen molar-refractivity contribution in [1.82, 2.24) is 0 Å². The molecule has 0 radical (unpaired) electrons. The van der Waals surface area contributed by atoms with Crippen LogP contribution in [0.3, 0.4) is 0 Å². The quantitative estimate of drug-likeness (QED) is 0.701. The molecular weight excluding hydrogens is 204 g/mol. The van der Waals surface area contributed by atoms with Crippen LogP contribution in [0.5, 0.6) is 0 Å². The topological polar surface area (TPSA) is 17.1 Å². The van der Waals surface area contributed by atoms with E-state index in [0.29, 0.717) is 0 Å². The van der Waals surface area contributed by atoms with E-state index in [1.807, 2.05) is 44.2 Å². The van der Waals surface area contributed by atoms with Crippen molar-refractivity contribution in [3.63, 3.8) is 0 Å². The minimum atomic E-state index is 0.131. The molecule has 0 aliphatic carbocycles. The monoisotopic (exact) mass is 216 g/mol. The van der Waals surface area contributed by atoms with E-state index in [9.17, 15) is 4.79 Å². The Labute approximate surface area is 93.4 Å². The van der Waals surface area contributed by atoms with E-state index in [1.54, 1.807) is 11.3 Å². The molecule has 0 saturated heterocycles. The molecule has 1 aromatic heterocycles. The van der Waals surface area contributed by atoms with Gasteiger partial charge in [0.1, 0.15) is 0 Å². The lowest BCUT2D eigenvalue weighted by Gasteiger charge is -1.98. The molecule has 2 heteroatoms. The lowest BCUT2D eigenvalue weighted by molar-refractivity contribution is 0.104. The number of thiophene rings is 1. The number of hydrogen-bond acceptors (Lipinski definition) is 2. The number of aryl methyl sites for hydroxylation is 2. The molecule has 0 fully saturated rings. The summed E-state index contributed by atoms with van der Waals surface area (Å²) < 4.78 is 0. The molecule has 15 heavy (non-hydrogen) atoms. The van der Waals surface area contributed by atoms with Gasteiger partial charge in [0.25, 0.3) is 0 Å². The van der Waals surface area contributed by atoms with Crippen LogP contribution in [0.25, 0.3) is 0 Å². The lowest BCUT2D eigenvalue weighted by Crippen LogP contribution is -1.99. The highest BCUT2D eigenvalue weighted by Crippen LogP contribution is 2.23. The summed E-state index contributed by atoms with van der Waals surface area (Å²) >= 11 is 1.57. The van der Waals surface area contributed by atoms with Crippen LogP contribution in [0.1, 0.15) is 25.7 Å². The molecule has 0 atom stereocenters. The minimum Gasteiger partial charge on any atom is -0.288 e. The maximum atomic E-state index is 12.1. The number of carbonyl (C=O) groups is 1. The van der Waals surface area contributed by atoms with Gasteiger partial charge in [-0.3, -0.25) is 4.79 Å². The number of carbonyl (C=O) groups excluding carboxylic acids is 1. The summed E-state index contributed by atoms with van der Waals surface area (Å²) in [5.41, 5.74) is 1.84. The molecule has 2 rings (SSSR count). The van der Waals surface area contributed by atoms with E-state index in [1.165, 1.54) is 4.88 Å². The zero-order valence-electron chi connectivity index (χ0n) is 8.78. The predicted molar refractivity (Wildman–Crippen MR) is 63.7 cm³/mol. The van der Waals surface area contributed by atoms with Crippen molar-refractivity contribution in [2.24, 2.45) is 0 Å². The van der Waals surface area contributed by atoms with Gasteiger partial charge in [0.15, 0.2) is 0 Å². The van der Waals surface area contributed by atoms with Gasteiger partial charge in [-0.1, -0.05) is 30.3 Å². The van der Waals surface area contributed by atoms with Crippen molar-refractivity contribution < 1.29 is 4.79 Å². The van der Waals surface area contributed by atoms with Crippen molar-refractivity contribution >= 4 is 17.1 Å². The lowest BCUT2D eigenvalue weighted by atomic mass is 10.1. The van der Waals surface area contributed by atoms with Crippen LogP contribution in [0, 0.1) is 13.8 Å². The Kier molecular flexibility index (Phi) is 2.69. The van der Waals surface area contributed by atoms with Crippen LogP contribution in [-0.2, 0) is 0 Å². The molecule has 2 aromatic rings. The minimum absolute atomic E-state index is 0.131. The Hall–Kier alpha value is -1.41. The van der Waals surface area contributed by atoms with E-state index in [0.717, 1.165) is 16.0 Å². The highest BCUT2D eigenvalue weighted by atomic mass is 32.1. The highest BCUT2D eigenvalue weighted by molar-refractivity contribution is 7.14. The third-order valence-electron chi connectivity index (χ3n) is 2.28. The summed E-state index contributed by atoms with van der Waals surface area (Å²) in [4.78, 5) is 14.1. The van der Waals surface area contributed by atoms with Crippen molar-refractivity contribution in [2.45, 2.75) is 13.8 Å². The molecule has 0 N–H and O–H groups in total. The fourth-order valence-electron chi connectivity index (χ4n) is 1.59. The average molecular weight is 216 g/mol. The van der Waals surface area contributed by atoms with Gasteiger partial charge in [-0.05, 0) is 25.5 Å². The first kappa shape index (κ1) is 10.1. The Balaban J connectivity index is 2.41. The standard InChI is InChI=1S/C13H12OS/c1-9-8-10(2)15-13(9)12(14)11-6-4-3-5-7-11/h3-8H,1-2H3. The third kappa shape index (κ3) is 2.00. The second-order valence-electron chi connectivity index (χ2n) is 3.56. The third-order valence-corrected chi connectivity index (χ3v) is 3.43. The molecule has 76 valence electrons. The first-order valence-electron chi connectivity index (χ1n) is 4.85. The predicted octanol–water partition coefficient (Wildman–Crippen LogP) is 3.60. The molecule has 1 aromatic carbocycles. The fourth-order valence-corrected chi connectivity index (χ4v) is 2.58. The van der Waals surface area contributed by atoms with Crippen molar-refractivity contribution in [3.8, 4) is 0 Å². The molecule has 0 aliphatic heterocycles. The zero-order valence-corrected chi connectivity index (χ0v) is 9.60. The summed E-state index contributed by atoms with van der Waals surface area (Å²) in [5.74, 6) is 0.131. The summed E-state index contributed by atoms with van der Waals surface area (Å²) in [6, 6.07) is 11.5. The molecule has 0 bridgehead atoms. The van der Waals surface area contributed by atoms with E-state index >= 15 is 0 Å². The van der Waals surface area contributed by atoms with Gasteiger partial charge in [0, 0.05) is 10.4 Å². The Morgan fingerprint density at radius 2 is 1.80 bits per heavy atom. The van der Waals surface area contributed by atoms with Gasteiger partial charge in [0.05, 0.1) is 4.88 Å². The van der Waals surface area contributed by atoms with Crippen LogP contribution in [-0.4, -0.2) is 5.78 Å². The molecule has 1 heterocycles. The van der Waals surface area contributed by atoms with E-state index < -0.39 is 0 Å². The van der Waals surface area contributed by atoms with Crippen molar-refractivity contribution in [3.05, 3.63) is 57.3 Å². The van der Waals surface area contributed by atoms with E-state index in [4.69, 9.17) is 0 Å². The van der Waals surface area contributed by atoms with Crippen LogP contribution in [0.4, 0.5) is 0 Å². The molecule has 0 aliphatic rings. The smallest absolute Gasteiger partial charge is 0.203 e. The normalized spacial score (nSPS) is 10.3. The fraction of sp³-hybridized carbons (Fsp3) is 0.154. The summed E-state index contributed by atoms with van der Waals surface area (Å²) in [7, 11) is 0. The summed E-state index contributed by atoms with van der Waals surface area (Å²) in [5, 5.41) is 0. The van der Waals surface area contributed by atoms with Gasteiger partial charge < -0.3 is 0 Å². The van der Waals surface area contributed by atoms with E-state index in [-0.39, 0.29) is 5.78 Å². The first-order valence-corrected chi connectivity index (χ1v) is 5.67. The summed E-state index contributed by atoms with van der Waals surface area (Å²) in [6.07, 6.45) is 0. The SMILES string of the molecule is Cc1cc(C)c(C(=O)c2ccccc2)s1. The van der Waals surface area contributed by atoms with Crippen LogP contribution >= 0.6 is 11.3 Å². The molecule has 0 saturated carbocycles. The molecular formula is C13H12OS. The first-order chi connectivity index (χ1) is 7.18. The molecule has 0 unspecified atom stereocenters. The van der Waals surface area contributed by atoms with Gasteiger partial charge in [-0.25, -0.2) is 0 Å². The number of benzene rings is 1. The van der Waals surface area contributed by atoms with Crippen LogP contribution in [0.2, 0.25) is 0 Å². The number of hydrogen-bond donors (Lipinski definition) is 0. The average Bonchev–Trinajstić information content (AvgIpc) is 2.58. The molecule has 1 nitrogen and oxygen atoms in total. The maximum Gasteiger partial charge on any atom is 0.203 e. The highest BCUT2D eigenvalue weighted by Gasteiger charge is 2.13. The van der Waals surface area contributed by atoms with Crippen LogP contribution < -0.4 is 0 Å². The van der Waals surface area contributed by atoms with Crippen molar-refractivity contribution in [1.29, 1.82) is 0 Å². The molecule has 0 amide bonds. The second-order valence-corrected chi connectivity index (χ2v) is 4.82. The van der Waals surface area contributed by atoms with Gasteiger partial charge >= 0.3 is 0 Å². The van der Waals surface area contributed by atoms with Crippen LogP contribution in [0.15, 0.2) is 36.4 Å². The Morgan fingerprint density at radius 1 is 1.13 bits per heavy atom. The Morgan fingerprint density at radius 3 is 2.33 bits per heavy atom. The number of rotatable bonds is 2. The summed E-state index contributed by atoms with van der Waals surface area (Å²) in [6.45, 7) is 4.01. The second kappa shape index (κ2) is 3.99. The zero-order chi connectivity index (χ0) is 10.8. The maximum absolute atomic E-state index is 12.1. The van der Waals surface area contributed by atoms with Gasteiger partial charge in [-0.2, -0.15) is 0 Å². The van der Waals surface area contributed by atoms with Gasteiger partial charge in [-0.15, -0.1) is 11.3 Å². The largest absolute Gasteiger partial charge is 0.288 e. The van der Waals surface area contributed by atoms with Crippen molar-refractivity contribution in [2.75, 3.05) is 0 Å². The van der Waals surface area contributed by atoms with E-state index in [2.05, 4.69) is 6.07 Å². The van der Waals surface area contributed by atoms with Gasteiger partial charge in [0.2, 0.25) is 5.78 Å². The Bertz CT molecular complexity index is 482.